The van der Waals surface area contributed by atoms with Crippen molar-refractivity contribution < 1.29 is 22.7 Å². The maximum atomic E-state index is 14.7. The number of nitrogens with one attached hydrogen (secondary N) is 2. The fraction of sp³-hybridized carbons (Fsp3) is 0.192. The number of ether oxygens (including phenoxy) is 1. The van der Waals surface area contributed by atoms with Gasteiger partial charge in [-0.15, -0.1) is 0 Å². The lowest BCUT2D eigenvalue weighted by atomic mass is 10.1. The molecule has 0 saturated heterocycles. The number of fused-ring (bicyclic) bond motifs is 1. The Kier molecular flexibility index (Phi) is 8.92. The van der Waals surface area contributed by atoms with E-state index in [4.69, 9.17) is 16.3 Å². The maximum Gasteiger partial charge on any atom is 0.268 e. The van der Waals surface area contributed by atoms with Crippen molar-refractivity contribution in [2.75, 3.05) is 43.9 Å². The number of para-hydroxylation sites is 2. The van der Waals surface area contributed by atoms with Crippen molar-refractivity contribution >= 4 is 62.8 Å². The SMILES string of the molecule is COc1ccc(Cl)c(Nc2nc3ccccc3nc2N(c2ccc(F)c(C(=O)NCCN(C)C)c2)S(=O)O)c1. The highest BCUT2D eigenvalue weighted by atomic mass is 35.5. The predicted molar refractivity (Wildman–Crippen MR) is 151 cm³/mol. The van der Waals surface area contributed by atoms with E-state index in [1.165, 1.54) is 19.2 Å². The third kappa shape index (κ3) is 6.60. The molecule has 1 atom stereocenters. The van der Waals surface area contributed by atoms with Crippen molar-refractivity contribution in [2.24, 2.45) is 0 Å². The number of amides is 1. The molecule has 0 radical (unpaired) electrons. The van der Waals surface area contributed by atoms with Crippen LogP contribution in [0, 0.1) is 5.82 Å². The molecule has 0 aliphatic carbocycles. The fourth-order valence-corrected chi connectivity index (χ4v) is 4.39. The predicted octanol–water partition coefficient (Wildman–Crippen LogP) is 4.74. The molecule has 204 valence electrons. The van der Waals surface area contributed by atoms with Crippen molar-refractivity contribution in [3.05, 3.63) is 77.1 Å². The van der Waals surface area contributed by atoms with Crippen molar-refractivity contribution in [2.45, 2.75) is 0 Å². The van der Waals surface area contributed by atoms with Gasteiger partial charge in [0.05, 0.1) is 40.1 Å². The van der Waals surface area contributed by atoms with Crippen LogP contribution < -0.4 is 19.7 Å². The van der Waals surface area contributed by atoms with E-state index < -0.39 is 23.0 Å². The van der Waals surface area contributed by atoms with Crippen LogP contribution in [-0.2, 0) is 11.3 Å². The Hall–Kier alpha value is -3.84. The van der Waals surface area contributed by atoms with Crippen molar-refractivity contribution in [1.82, 2.24) is 20.2 Å². The second-order valence-corrected chi connectivity index (χ2v) is 9.84. The molecule has 1 unspecified atom stereocenters. The number of benzene rings is 3. The Morgan fingerprint density at radius 2 is 1.82 bits per heavy atom. The number of hydrogen-bond acceptors (Lipinski definition) is 7. The molecule has 3 aromatic carbocycles. The van der Waals surface area contributed by atoms with Gasteiger partial charge in [0.1, 0.15) is 11.6 Å². The number of rotatable bonds is 10. The van der Waals surface area contributed by atoms with Crippen LogP contribution in [0.25, 0.3) is 11.0 Å². The van der Waals surface area contributed by atoms with Crippen LogP contribution in [0.1, 0.15) is 10.4 Å². The minimum Gasteiger partial charge on any atom is -0.497 e. The van der Waals surface area contributed by atoms with Crippen LogP contribution in [0.3, 0.4) is 0 Å². The smallest absolute Gasteiger partial charge is 0.268 e. The number of carbonyl (C=O) groups is 1. The number of carbonyl (C=O) groups excluding carboxylic acids is 1. The van der Waals surface area contributed by atoms with E-state index in [1.807, 2.05) is 19.0 Å². The largest absolute Gasteiger partial charge is 0.497 e. The molecule has 0 fully saturated rings. The number of anilines is 4. The van der Waals surface area contributed by atoms with Crippen LogP contribution in [0.2, 0.25) is 5.02 Å². The molecule has 10 nitrogen and oxygen atoms in total. The van der Waals surface area contributed by atoms with E-state index in [9.17, 15) is 17.9 Å². The zero-order valence-electron chi connectivity index (χ0n) is 21.3. The molecular formula is C26H26ClFN6O4S. The van der Waals surface area contributed by atoms with Crippen LogP contribution in [0.4, 0.5) is 27.4 Å². The molecule has 0 spiro atoms. The van der Waals surface area contributed by atoms with E-state index in [-0.39, 0.29) is 29.4 Å². The molecule has 0 aliphatic rings. The quantitative estimate of drug-likeness (QED) is 0.233. The van der Waals surface area contributed by atoms with Gasteiger partial charge in [0.25, 0.3) is 17.2 Å². The average molecular weight is 573 g/mol. The first kappa shape index (κ1) is 28.2. The number of likely N-dealkylation sites (N-methyl/N-ethyl adjacent to an activating group) is 1. The fourth-order valence-electron chi connectivity index (χ4n) is 3.66. The van der Waals surface area contributed by atoms with Crippen LogP contribution in [0.5, 0.6) is 5.75 Å². The summed E-state index contributed by atoms with van der Waals surface area (Å²) in [5.41, 5.74) is 1.10. The van der Waals surface area contributed by atoms with Gasteiger partial charge in [0.15, 0.2) is 11.6 Å². The molecule has 0 saturated carbocycles. The summed E-state index contributed by atoms with van der Waals surface area (Å²) < 4.78 is 44.0. The summed E-state index contributed by atoms with van der Waals surface area (Å²) in [7, 11) is 5.20. The van der Waals surface area contributed by atoms with E-state index in [1.54, 1.807) is 42.5 Å². The molecule has 0 bridgehead atoms. The zero-order chi connectivity index (χ0) is 28.1. The molecule has 1 aromatic heterocycles. The molecule has 13 heteroatoms. The monoisotopic (exact) mass is 572 g/mol. The summed E-state index contributed by atoms with van der Waals surface area (Å²) in [4.78, 5) is 23.8. The first-order chi connectivity index (χ1) is 18.7. The Balaban J connectivity index is 1.82. The zero-order valence-corrected chi connectivity index (χ0v) is 22.9. The summed E-state index contributed by atoms with van der Waals surface area (Å²) in [5, 5.41) is 6.06. The van der Waals surface area contributed by atoms with Crippen molar-refractivity contribution in [1.29, 1.82) is 0 Å². The summed E-state index contributed by atoms with van der Waals surface area (Å²) in [6, 6.07) is 15.4. The van der Waals surface area contributed by atoms with Gasteiger partial charge < -0.3 is 20.3 Å². The Bertz CT molecular complexity index is 1540. The van der Waals surface area contributed by atoms with Crippen molar-refractivity contribution in [3.63, 3.8) is 0 Å². The van der Waals surface area contributed by atoms with Gasteiger partial charge in [0.2, 0.25) is 0 Å². The summed E-state index contributed by atoms with van der Waals surface area (Å²) in [6.07, 6.45) is 0. The third-order valence-electron chi connectivity index (χ3n) is 5.60. The first-order valence-electron chi connectivity index (χ1n) is 11.7. The van der Waals surface area contributed by atoms with Crippen LogP contribution >= 0.6 is 11.6 Å². The number of hydrogen-bond donors (Lipinski definition) is 3. The molecule has 1 heterocycles. The van der Waals surface area contributed by atoms with Crippen LogP contribution in [0.15, 0.2) is 60.7 Å². The maximum absolute atomic E-state index is 14.7. The van der Waals surface area contributed by atoms with Crippen LogP contribution in [-0.4, -0.2) is 63.8 Å². The van der Waals surface area contributed by atoms with E-state index in [0.29, 0.717) is 34.0 Å². The highest BCUT2D eigenvalue weighted by Crippen LogP contribution is 2.37. The van der Waals surface area contributed by atoms with Gasteiger partial charge in [-0.25, -0.2) is 22.9 Å². The van der Waals surface area contributed by atoms with E-state index in [0.717, 1.165) is 10.4 Å². The standard InChI is InChI=1S/C26H26ClFN6O4S/c1-33(2)13-12-29-26(35)18-14-16(8-11-20(18)28)34(39(36)37)25-24(30-21-6-4-5-7-22(21)32-25)31-23-15-17(38-3)9-10-19(23)27/h4-11,14-15H,12-13H2,1-3H3,(H,29,35)(H,30,31)(H,36,37). The van der Waals surface area contributed by atoms with Gasteiger partial charge in [-0.05, 0) is 56.6 Å². The molecule has 4 aromatic rings. The summed E-state index contributed by atoms with van der Waals surface area (Å²) in [6.45, 7) is 0.838. The van der Waals surface area contributed by atoms with Gasteiger partial charge in [0, 0.05) is 19.2 Å². The number of halogens is 2. The van der Waals surface area contributed by atoms with Gasteiger partial charge in [-0.3, -0.25) is 9.35 Å². The van der Waals surface area contributed by atoms with E-state index in [2.05, 4.69) is 20.6 Å². The second kappa shape index (κ2) is 12.3. The van der Waals surface area contributed by atoms with Gasteiger partial charge in [-0.2, -0.15) is 0 Å². The normalized spacial score (nSPS) is 11.9. The molecule has 39 heavy (non-hydrogen) atoms. The minimum absolute atomic E-state index is 0.0411. The van der Waals surface area contributed by atoms with Gasteiger partial charge in [-0.1, -0.05) is 23.7 Å². The van der Waals surface area contributed by atoms with E-state index >= 15 is 0 Å². The molecule has 3 N–H and O–H groups in total. The highest BCUT2D eigenvalue weighted by Gasteiger charge is 2.25. The lowest BCUT2D eigenvalue weighted by Crippen LogP contribution is -2.32. The minimum atomic E-state index is -2.70. The number of methoxy groups -OCH3 is 1. The lowest BCUT2D eigenvalue weighted by Gasteiger charge is -2.23. The number of nitrogens with zero attached hydrogens (tertiary/aromatic N) is 4. The van der Waals surface area contributed by atoms with Crippen molar-refractivity contribution in [3.8, 4) is 5.75 Å². The summed E-state index contributed by atoms with van der Waals surface area (Å²) >= 11 is 3.69. The molecular weight excluding hydrogens is 547 g/mol. The Labute approximate surface area is 232 Å². The lowest BCUT2D eigenvalue weighted by molar-refractivity contribution is 0.0947. The average Bonchev–Trinajstić information content (AvgIpc) is 2.90. The molecule has 4 rings (SSSR count). The van der Waals surface area contributed by atoms with Gasteiger partial charge >= 0.3 is 0 Å². The molecule has 0 aliphatic heterocycles. The summed E-state index contributed by atoms with van der Waals surface area (Å²) in [5.74, 6) is -0.892. The highest BCUT2D eigenvalue weighted by molar-refractivity contribution is 7.81. The second-order valence-electron chi connectivity index (χ2n) is 8.60. The molecule has 1 amide bonds. The first-order valence-corrected chi connectivity index (χ1v) is 13.1. The topological polar surface area (TPSA) is 120 Å². The third-order valence-corrected chi connectivity index (χ3v) is 6.63. The Morgan fingerprint density at radius 3 is 2.49 bits per heavy atom. The number of aromatic nitrogens is 2. The Morgan fingerprint density at radius 1 is 1.10 bits per heavy atom.